The highest BCUT2D eigenvalue weighted by atomic mass is 15.1. The molecule has 1 saturated carbocycles. The van der Waals surface area contributed by atoms with Gasteiger partial charge in [0.1, 0.15) is 0 Å². The summed E-state index contributed by atoms with van der Waals surface area (Å²) in [4.78, 5) is 2.74. The maximum absolute atomic E-state index is 3.80. The van der Waals surface area contributed by atoms with Crippen molar-refractivity contribution in [1.82, 2.24) is 10.2 Å². The number of piperidine rings is 1. The fourth-order valence-corrected chi connectivity index (χ4v) is 3.81. The lowest BCUT2D eigenvalue weighted by molar-refractivity contribution is 0.126. The molecule has 0 radical (unpaired) electrons. The minimum Gasteiger partial charge on any atom is -0.314 e. The molecule has 2 rings (SSSR count). The minimum absolute atomic E-state index is 0.802. The lowest BCUT2D eigenvalue weighted by Crippen LogP contribution is -2.46. The van der Waals surface area contributed by atoms with Crippen molar-refractivity contribution in [1.29, 1.82) is 0 Å². The van der Waals surface area contributed by atoms with Crippen molar-refractivity contribution in [2.24, 2.45) is 11.8 Å². The van der Waals surface area contributed by atoms with E-state index in [-0.39, 0.29) is 0 Å². The van der Waals surface area contributed by atoms with Gasteiger partial charge in [-0.05, 0) is 57.0 Å². The second-order valence-corrected chi connectivity index (χ2v) is 6.61. The van der Waals surface area contributed by atoms with Gasteiger partial charge in [0.15, 0.2) is 0 Å². The Hall–Kier alpha value is -0.0800. The van der Waals surface area contributed by atoms with Crippen LogP contribution >= 0.6 is 0 Å². The number of nitrogens with zero attached hydrogens (tertiary/aromatic N) is 1. The third-order valence-corrected chi connectivity index (χ3v) is 4.80. The Balaban J connectivity index is 1.80. The SMILES string of the molecule is CCCNC1CCCCC1CN1CCCC(C)C1. The molecule has 0 amide bonds. The third-order valence-electron chi connectivity index (χ3n) is 4.80. The highest BCUT2D eigenvalue weighted by Gasteiger charge is 2.27. The van der Waals surface area contributed by atoms with Crippen LogP contribution in [-0.4, -0.2) is 37.1 Å². The first-order chi connectivity index (χ1) is 8.79. The molecule has 0 bridgehead atoms. The number of nitrogens with one attached hydrogen (secondary N) is 1. The highest BCUT2D eigenvalue weighted by molar-refractivity contribution is 4.84. The lowest BCUT2D eigenvalue weighted by Gasteiger charge is -2.38. The second kappa shape index (κ2) is 7.49. The second-order valence-electron chi connectivity index (χ2n) is 6.61. The molecule has 1 N–H and O–H groups in total. The Bertz CT molecular complexity index is 229. The molecular weight excluding hydrogens is 220 g/mol. The predicted octanol–water partition coefficient (Wildman–Crippen LogP) is 3.28. The zero-order valence-corrected chi connectivity index (χ0v) is 12.5. The molecule has 2 aliphatic rings. The first kappa shape index (κ1) is 14.3. The standard InChI is InChI=1S/C16H32N2/c1-3-10-17-16-9-5-4-8-15(16)13-18-11-6-7-14(2)12-18/h14-17H,3-13H2,1-2H3. The maximum Gasteiger partial charge on any atom is 0.0107 e. The van der Waals surface area contributed by atoms with E-state index >= 15 is 0 Å². The van der Waals surface area contributed by atoms with Gasteiger partial charge >= 0.3 is 0 Å². The summed E-state index contributed by atoms with van der Waals surface area (Å²) in [7, 11) is 0. The molecule has 18 heavy (non-hydrogen) atoms. The van der Waals surface area contributed by atoms with Crippen molar-refractivity contribution in [2.75, 3.05) is 26.2 Å². The van der Waals surface area contributed by atoms with Gasteiger partial charge in [-0.2, -0.15) is 0 Å². The van der Waals surface area contributed by atoms with Crippen LogP contribution in [0.1, 0.15) is 58.8 Å². The van der Waals surface area contributed by atoms with Crippen LogP contribution in [0.4, 0.5) is 0 Å². The van der Waals surface area contributed by atoms with Crippen LogP contribution in [0.15, 0.2) is 0 Å². The summed E-state index contributed by atoms with van der Waals surface area (Å²) < 4.78 is 0. The molecule has 106 valence electrons. The first-order valence-electron chi connectivity index (χ1n) is 8.25. The van der Waals surface area contributed by atoms with Crippen LogP contribution in [0.3, 0.4) is 0 Å². The fraction of sp³-hybridized carbons (Fsp3) is 1.00. The van der Waals surface area contributed by atoms with Crippen LogP contribution in [0.5, 0.6) is 0 Å². The van der Waals surface area contributed by atoms with Crippen LogP contribution < -0.4 is 5.32 Å². The van der Waals surface area contributed by atoms with E-state index in [4.69, 9.17) is 0 Å². The Morgan fingerprint density at radius 2 is 1.94 bits per heavy atom. The van der Waals surface area contributed by atoms with Crippen molar-refractivity contribution in [2.45, 2.75) is 64.8 Å². The zero-order valence-electron chi connectivity index (χ0n) is 12.5. The van der Waals surface area contributed by atoms with E-state index in [0.29, 0.717) is 0 Å². The molecule has 0 aromatic carbocycles. The van der Waals surface area contributed by atoms with E-state index in [1.807, 2.05) is 0 Å². The quantitative estimate of drug-likeness (QED) is 0.808. The van der Waals surface area contributed by atoms with Gasteiger partial charge in [0.2, 0.25) is 0 Å². The average Bonchev–Trinajstić information content (AvgIpc) is 2.38. The van der Waals surface area contributed by atoms with Gasteiger partial charge in [-0.15, -0.1) is 0 Å². The molecule has 1 heterocycles. The van der Waals surface area contributed by atoms with Crippen molar-refractivity contribution in [3.8, 4) is 0 Å². The normalized spacial score (nSPS) is 34.7. The van der Waals surface area contributed by atoms with Gasteiger partial charge in [-0.3, -0.25) is 0 Å². The number of hydrogen-bond acceptors (Lipinski definition) is 2. The van der Waals surface area contributed by atoms with Crippen LogP contribution in [-0.2, 0) is 0 Å². The molecule has 0 aromatic heterocycles. The summed E-state index contributed by atoms with van der Waals surface area (Å²) >= 11 is 0. The predicted molar refractivity (Wildman–Crippen MR) is 78.9 cm³/mol. The molecular formula is C16H32N2. The number of likely N-dealkylation sites (tertiary alicyclic amines) is 1. The first-order valence-corrected chi connectivity index (χ1v) is 8.25. The van der Waals surface area contributed by atoms with Crippen LogP contribution in [0.25, 0.3) is 0 Å². The molecule has 0 aromatic rings. The number of rotatable bonds is 5. The lowest BCUT2D eigenvalue weighted by atomic mass is 9.83. The smallest absolute Gasteiger partial charge is 0.0107 e. The molecule has 3 atom stereocenters. The molecule has 1 saturated heterocycles. The summed E-state index contributed by atoms with van der Waals surface area (Å²) in [5.74, 6) is 1.83. The summed E-state index contributed by atoms with van der Waals surface area (Å²) in [6, 6.07) is 0.802. The Morgan fingerprint density at radius 1 is 1.11 bits per heavy atom. The summed E-state index contributed by atoms with van der Waals surface area (Å²) in [6.07, 6.45) is 9.89. The van der Waals surface area contributed by atoms with Crippen molar-refractivity contribution in [3.05, 3.63) is 0 Å². The Labute approximate surface area is 114 Å². The molecule has 2 nitrogen and oxygen atoms in total. The molecule has 3 unspecified atom stereocenters. The van der Waals surface area contributed by atoms with Gasteiger partial charge in [-0.25, -0.2) is 0 Å². The molecule has 2 fully saturated rings. The van der Waals surface area contributed by atoms with Gasteiger partial charge in [0.25, 0.3) is 0 Å². The van der Waals surface area contributed by atoms with Gasteiger partial charge in [0, 0.05) is 19.1 Å². The zero-order chi connectivity index (χ0) is 12.8. The fourth-order valence-electron chi connectivity index (χ4n) is 3.81. The molecule has 2 heteroatoms. The monoisotopic (exact) mass is 252 g/mol. The largest absolute Gasteiger partial charge is 0.314 e. The van der Waals surface area contributed by atoms with Crippen molar-refractivity contribution < 1.29 is 0 Å². The minimum atomic E-state index is 0.802. The van der Waals surface area contributed by atoms with E-state index in [9.17, 15) is 0 Å². The Morgan fingerprint density at radius 3 is 2.72 bits per heavy atom. The van der Waals surface area contributed by atoms with E-state index in [0.717, 1.165) is 17.9 Å². The van der Waals surface area contributed by atoms with Gasteiger partial charge in [-0.1, -0.05) is 26.7 Å². The van der Waals surface area contributed by atoms with Gasteiger partial charge < -0.3 is 10.2 Å². The van der Waals surface area contributed by atoms with E-state index in [2.05, 4.69) is 24.1 Å². The molecule has 1 aliphatic heterocycles. The summed E-state index contributed by atoms with van der Waals surface area (Å²) in [6.45, 7) is 9.94. The van der Waals surface area contributed by atoms with E-state index in [1.54, 1.807) is 0 Å². The van der Waals surface area contributed by atoms with Crippen LogP contribution in [0.2, 0.25) is 0 Å². The topological polar surface area (TPSA) is 15.3 Å². The van der Waals surface area contributed by atoms with E-state index in [1.165, 1.54) is 71.1 Å². The number of hydrogen-bond donors (Lipinski definition) is 1. The third kappa shape index (κ3) is 4.24. The van der Waals surface area contributed by atoms with Gasteiger partial charge in [0.05, 0.1) is 0 Å². The van der Waals surface area contributed by atoms with E-state index < -0.39 is 0 Å². The Kier molecular flexibility index (Phi) is 5.97. The van der Waals surface area contributed by atoms with Crippen molar-refractivity contribution >= 4 is 0 Å². The van der Waals surface area contributed by atoms with Crippen molar-refractivity contribution in [3.63, 3.8) is 0 Å². The molecule has 0 spiro atoms. The maximum atomic E-state index is 3.80. The summed E-state index contributed by atoms with van der Waals surface area (Å²) in [5.41, 5.74) is 0. The molecule has 1 aliphatic carbocycles. The summed E-state index contributed by atoms with van der Waals surface area (Å²) in [5, 5.41) is 3.80. The average molecular weight is 252 g/mol. The van der Waals surface area contributed by atoms with Crippen LogP contribution in [0, 0.1) is 11.8 Å². The highest BCUT2D eigenvalue weighted by Crippen LogP contribution is 2.27.